The van der Waals surface area contributed by atoms with E-state index in [0.29, 0.717) is 40.3 Å². The van der Waals surface area contributed by atoms with Gasteiger partial charge in [0.1, 0.15) is 17.2 Å². The number of phenolic OH excluding ortho intramolecular Hbond substituents is 1. The molecule has 6 aromatic heterocycles. The first-order valence-corrected chi connectivity index (χ1v) is 38.8. The Morgan fingerprint density at radius 2 is 0.676 bits per heavy atom. The zero-order valence-electron chi connectivity index (χ0n) is 59.0. The fraction of sp³-hybridized carbons (Fsp3) is 0.389. The van der Waals surface area contributed by atoms with Gasteiger partial charge in [-0.2, -0.15) is 0 Å². The summed E-state index contributed by atoms with van der Waals surface area (Å²) in [4.78, 5) is 84.3. The second-order valence-corrected chi connectivity index (χ2v) is 29.7. The average Bonchev–Trinajstić information content (AvgIpc) is 1.05. The number of anilines is 5. The van der Waals surface area contributed by atoms with Crippen molar-refractivity contribution >= 4 is 84.7 Å². The number of aliphatic hydroxyl groups is 1. The third-order valence-electron chi connectivity index (χ3n) is 16.8. The number of hydrogen-bond acceptors (Lipinski definition) is 30. The molecule has 14 rings (SSSR count). The normalized spacial score (nSPS) is 14.6. The highest BCUT2D eigenvalue weighted by Gasteiger charge is 2.22. The van der Waals surface area contributed by atoms with E-state index in [1.54, 1.807) is 87.4 Å². The predicted molar refractivity (Wildman–Crippen MR) is 398 cm³/mol. The fourth-order valence-corrected chi connectivity index (χ4v) is 14.6. The van der Waals surface area contributed by atoms with Crippen LogP contribution in [0.3, 0.4) is 0 Å². The number of sulfone groups is 2. The van der Waals surface area contributed by atoms with Crippen molar-refractivity contribution in [1.82, 2.24) is 59.8 Å². The first kappa shape index (κ1) is 79.1. The van der Waals surface area contributed by atoms with Crippen molar-refractivity contribution in [2.75, 3.05) is 118 Å². The van der Waals surface area contributed by atoms with Gasteiger partial charge < -0.3 is 53.7 Å². The van der Waals surface area contributed by atoms with Crippen molar-refractivity contribution < 1.29 is 55.6 Å². The van der Waals surface area contributed by atoms with Crippen LogP contribution in [0.1, 0.15) is 107 Å². The molecule has 556 valence electrons. The van der Waals surface area contributed by atoms with Gasteiger partial charge in [0.25, 0.3) is 0 Å². The van der Waals surface area contributed by atoms with E-state index in [1.807, 2.05) is 24.5 Å². The summed E-state index contributed by atoms with van der Waals surface area (Å²) < 4.78 is 68.7. The molecule has 0 amide bonds. The van der Waals surface area contributed by atoms with Crippen LogP contribution in [-0.2, 0) is 53.0 Å². The topological polar surface area (TPSA) is 351 Å². The molecule has 11 heterocycles. The molecule has 0 saturated carbocycles. The average molecular weight is 1510 g/mol. The minimum atomic E-state index is -3.47. The Kier molecular flexibility index (Phi) is 30.4. The Hall–Kier alpha value is -10.0. The van der Waals surface area contributed by atoms with Crippen LogP contribution in [0.25, 0.3) is 0 Å². The van der Waals surface area contributed by atoms with E-state index in [0.717, 1.165) is 126 Å². The van der Waals surface area contributed by atoms with Gasteiger partial charge in [-0.1, -0.05) is 0 Å². The molecular formula is C72H86ClN17O12S3. The number of methoxy groups -OCH3 is 4. The molecule has 9 aromatic rings. The molecule has 0 spiro atoms. The molecule has 5 saturated heterocycles. The number of thioether (sulfide) groups is 1. The number of halogens is 1. The highest BCUT2D eigenvalue weighted by Crippen LogP contribution is 2.27. The Morgan fingerprint density at radius 1 is 0.400 bits per heavy atom. The lowest BCUT2D eigenvalue weighted by Gasteiger charge is -2.14. The molecule has 3 aromatic carbocycles. The Balaban J connectivity index is 0.000000149. The van der Waals surface area contributed by atoms with E-state index >= 15 is 0 Å². The molecule has 0 aliphatic carbocycles. The van der Waals surface area contributed by atoms with Gasteiger partial charge >= 0.3 is 11.9 Å². The molecule has 29 nitrogen and oxygen atoms in total. The van der Waals surface area contributed by atoms with Crippen LogP contribution in [0.2, 0.25) is 5.28 Å². The van der Waals surface area contributed by atoms with Gasteiger partial charge in [0.15, 0.2) is 19.7 Å². The number of hydrogen-bond donors (Lipinski definition) is 2. The number of aliphatic hydroxyl groups excluding tert-OH is 1. The quantitative estimate of drug-likeness (QED) is 0.0432. The van der Waals surface area contributed by atoms with Gasteiger partial charge in [-0.05, 0) is 154 Å². The molecule has 33 heteroatoms. The zero-order chi connectivity index (χ0) is 74.4. The molecule has 5 aliphatic heterocycles. The number of aromatic nitrogens is 12. The number of nitrogens with zero attached hydrogens (tertiary/aromatic N) is 17. The Bertz CT molecular complexity index is 4340. The van der Waals surface area contributed by atoms with E-state index in [2.05, 4.69) is 106 Å². The van der Waals surface area contributed by atoms with E-state index in [9.17, 15) is 31.5 Å². The summed E-state index contributed by atoms with van der Waals surface area (Å²) in [6.07, 6.45) is 31.1. The number of ether oxygens (including phenoxy) is 4. The molecule has 0 atom stereocenters. The molecule has 0 radical (unpaired) electrons. The lowest BCUT2D eigenvalue weighted by molar-refractivity contribution is 0.0591. The summed E-state index contributed by atoms with van der Waals surface area (Å²) in [6, 6.07) is 20.0. The first-order chi connectivity index (χ1) is 50.9. The standard InChI is InChI=1S/C16H19N3O3S.C16H19N3OS.C15H17N3O3S.C10H13N3O2.C9H13N3O.C6H5ClN2O2/c1-22-14-4-6-15(7-5-14)23(20,21)12-13-10-17-16(18-11-13)19-8-2-3-9-19;1-20-14-4-6-15(7-5-14)21-12-13-10-17-16(18-11-13)19-8-2-3-9-19;19-13-3-5-14(6-4-13)22(20,21)11-12-9-16-15(17-10-12)18-7-1-2-8-18;1-15-9(14)8-6-11-10(12-7-8)13-4-2-3-5-13;13-7-8-5-10-9(11-6-8)12-3-1-2-4-12;1-11-5(10)4-2-8-6(7)9-3-4/h4-7,10-11H,2-3,8-9,12H2,1H3;4-7,10-11H,2-3,8-9,12H2,1H3;3-6,9-10,19H,1-2,7-8,11H2;6-7H,2-5H2,1H3;5-6,13H,1-4,7H2;2-3H,1H3. The summed E-state index contributed by atoms with van der Waals surface area (Å²) >= 11 is 7.17. The monoisotopic (exact) mass is 1510 g/mol. The van der Waals surface area contributed by atoms with Crippen molar-refractivity contribution in [2.24, 2.45) is 0 Å². The maximum atomic E-state index is 12.4. The summed E-state index contributed by atoms with van der Waals surface area (Å²) in [6.45, 7) is 10.1. The van der Waals surface area contributed by atoms with Crippen molar-refractivity contribution in [1.29, 1.82) is 0 Å². The van der Waals surface area contributed by atoms with E-state index in [1.165, 1.54) is 107 Å². The second kappa shape index (κ2) is 40.3. The number of esters is 2. The molecule has 105 heavy (non-hydrogen) atoms. The lowest BCUT2D eigenvalue weighted by Crippen LogP contribution is -2.20. The van der Waals surface area contributed by atoms with Crippen molar-refractivity contribution in [2.45, 2.75) is 103 Å². The molecule has 2 N–H and O–H groups in total. The molecule has 0 bridgehead atoms. The van der Waals surface area contributed by atoms with Gasteiger partial charge in [0, 0.05) is 167 Å². The molecule has 0 unspecified atom stereocenters. The highest BCUT2D eigenvalue weighted by atomic mass is 35.5. The summed E-state index contributed by atoms with van der Waals surface area (Å²) in [5, 5.41) is 18.1. The zero-order valence-corrected chi connectivity index (χ0v) is 62.2. The van der Waals surface area contributed by atoms with E-state index in [-0.39, 0.29) is 44.5 Å². The number of benzene rings is 3. The number of carbonyl (C=O) groups excluding carboxylic acids is 2. The second-order valence-electron chi connectivity index (χ2n) is 24.3. The fourth-order valence-electron chi connectivity index (χ4n) is 11.1. The number of rotatable bonds is 19. The van der Waals surface area contributed by atoms with Gasteiger partial charge in [-0.25, -0.2) is 86.2 Å². The summed E-state index contributed by atoms with van der Waals surface area (Å²) in [7, 11) is -1.03. The van der Waals surface area contributed by atoms with Crippen LogP contribution in [0, 0.1) is 0 Å². The lowest BCUT2D eigenvalue weighted by atomic mass is 10.3. The summed E-state index contributed by atoms with van der Waals surface area (Å²) in [5.74, 6) is 4.98. The maximum absolute atomic E-state index is 12.4. The number of aromatic hydroxyl groups is 1. The van der Waals surface area contributed by atoms with Crippen molar-refractivity contribution in [3.05, 3.63) is 186 Å². The van der Waals surface area contributed by atoms with Gasteiger partial charge in [-0.15, -0.1) is 11.8 Å². The third kappa shape index (κ3) is 24.5. The van der Waals surface area contributed by atoms with Crippen LogP contribution in [0.4, 0.5) is 29.7 Å². The van der Waals surface area contributed by atoms with Crippen LogP contribution < -0.4 is 34.0 Å². The minimum Gasteiger partial charge on any atom is -0.508 e. The third-order valence-corrected chi connectivity index (χ3v) is 21.5. The summed E-state index contributed by atoms with van der Waals surface area (Å²) in [5.41, 5.74) is 3.74. The van der Waals surface area contributed by atoms with Gasteiger partial charge in [-0.3, -0.25) is 0 Å². The van der Waals surface area contributed by atoms with Crippen molar-refractivity contribution in [3.8, 4) is 17.2 Å². The SMILES string of the molecule is COC(=O)c1cnc(Cl)nc1.COC(=O)c1cnc(N2CCCC2)nc1.COc1ccc(S(=O)(=O)Cc2cnc(N3CCCC3)nc2)cc1.COc1ccc(SCc2cnc(N3CCCC3)nc2)cc1.O=S(=O)(Cc1cnc(N2CCCC2)nc1)c1ccc(O)cc1.OCc1cnc(N2CCCC2)nc1. The van der Waals surface area contributed by atoms with Crippen molar-refractivity contribution in [3.63, 3.8) is 0 Å². The number of phenols is 1. The minimum absolute atomic E-state index is 0.0142. The smallest absolute Gasteiger partial charge is 0.341 e. The maximum Gasteiger partial charge on any atom is 0.341 e. The van der Waals surface area contributed by atoms with Gasteiger partial charge in [0.2, 0.25) is 35.0 Å². The molecule has 5 aliphatic rings. The van der Waals surface area contributed by atoms with Crippen LogP contribution in [-0.4, -0.2) is 193 Å². The highest BCUT2D eigenvalue weighted by molar-refractivity contribution is 7.98. The Morgan fingerprint density at radius 3 is 0.981 bits per heavy atom. The van der Waals surface area contributed by atoms with Gasteiger partial charge in [0.05, 0.1) is 67.5 Å². The van der Waals surface area contributed by atoms with E-state index in [4.69, 9.17) is 26.2 Å². The number of carbonyl (C=O) groups is 2. The first-order valence-electron chi connectivity index (χ1n) is 34.1. The largest absolute Gasteiger partial charge is 0.508 e. The van der Waals surface area contributed by atoms with Crippen LogP contribution in [0.5, 0.6) is 17.2 Å². The van der Waals surface area contributed by atoms with E-state index < -0.39 is 31.6 Å². The van der Waals surface area contributed by atoms with Crippen LogP contribution in [0.15, 0.2) is 162 Å². The van der Waals surface area contributed by atoms with Crippen LogP contribution >= 0.6 is 23.4 Å². The Labute approximate surface area is 620 Å². The predicted octanol–water partition coefficient (Wildman–Crippen LogP) is 9.54. The molecule has 5 fully saturated rings. The molecular weight excluding hydrogens is 1430 g/mol.